The summed E-state index contributed by atoms with van der Waals surface area (Å²) in [7, 11) is 3.64. The summed E-state index contributed by atoms with van der Waals surface area (Å²) in [6.07, 6.45) is 3.50. The predicted octanol–water partition coefficient (Wildman–Crippen LogP) is 2.09. The highest BCUT2D eigenvalue weighted by atomic mass is 32.1. The van der Waals surface area contributed by atoms with Crippen molar-refractivity contribution in [2.45, 2.75) is 6.54 Å². The van der Waals surface area contributed by atoms with Gasteiger partial charge in [-0.3, -0.25) is 4.90 Å². The minimum absolute atomic E-state index is 0.598. The molecule has 0 amide bonds. The molecule has 0 saturated carbocycles. The smallest absolute Gasteiger partial charge is 0.185 e. The van der Waals surface area contributed by atoms with E-state index in [0.29, 0.717) is 5.82 Å². The number of hydrogen-bond donors (Lipinski definition) is 0. The van der Waals surface area contributed by atoms with E-state index in [1.165, 1.54) is 16.1 Å². The number of nitriles is 1. The number of anilines is 2. The molecule has 0 saturated heterocycles. The summed E-state index contributed by atoms with van der Waals surface area (Å²) in [5.74, 6) is 1.40. The molecule has 0 radical (unpaired) electrons. The van der Waals surface area contributed by atoms with Crippen LogP contribution in [0.25, 0.3) is 0 Å². The first-order valence-electron chi connectivity index (χ1n) is 5.39. The topological polar surface area (TPSA) is 56.1 Å². The largest absolute Gasteiger partial charge is 0.354 e. The standard InChI is InChI=1S/C12H13N5S/c1-16(7-10-4-3-5-18-10)11-6-12(15-9-14-11)17(2)8-13/h3-6,9H,7H2,1-2H3. The van der Waals surface area contributed by atoms with Gasteiger partial charge < -0.3 is 4.90 Å². The molecule has 0 atom stereocenters. The van der Waals surface area contributed by atoms with Crippen LogP contribution >= 0.6 is 11.3 Å². The number of aromatic nitrogens is 2. The van der Waals surface area contributed by atoms with Crippen molar-refractivity contribution in [3.63, 3.8) is 0 Å². The zero-order valence-electron chi connectivity index (χ0n) is 10.2. The molecule has 0 aromatic carbocycles. The fourth-order valence-corrected chi connectivity index (χ4v) is 2.26. The first-order chi connectivity index (χ1) is 8.70. The molecule has 2 aromatic heterocycles. The van der Waals surface area contributed by atoms with Crippen LogP contribution in [-0.2, 0) is 6.54 Å². The summed E-state index contributed by atoms with van der Waals surface area (Å²) in [6.45, 7) is 0.796. The Bertz CT molecular complexity index is 546. The van der Waals surface area contributed by atoms with Crippen LogP contribution in [0.3, 0.4) is 0 Å². The lowest BCUT2D eigenvalue weighted by Gasteiger charge is -2.18. The van der Waals surface area contributed by atoms with Gasteiger partial charge >= 0.3 is 0 Å². The average Bonchev–Trinajstić information content (AvgIpc) is 2.90. The van der Waals surface area contributed by atoms with Gasteiger partial charge in [-0.05, 0) is 11.4 Å². The molecule has 2 aromatic rings. The highest BCUT2D eigenvalue weighted by Gasteiger charge is 2.08. The lowest BCUT2D eigenvalue weighted by molar-refractivity contribution is 0.901. The highest BCUT2D eigenvalue weighted by molar-refractivity contribution is 7.09. The molecule has 0 bridgehead atoms. The van der Waals surface area contributed by atoms with Crippen molar-refractivity contribution in [2.75, 3.05) is 23.9 Å². The van der Waals surface area contributed by atoms with Gasteiger partial charge in [0.25, 0.3) is 0 Å². The quantitative estimate of drug-likeness (QED) is 0.621. The van der Waals surface area contributed by atoms with Crippen molar-refractivity contribution >= 4 is 23.0 Å². The Morgan fingerprint density at radius 1 is 1.33 bits per heavy atom. The third-order valence-electron chi connectivity index (χ3n) is 2.50. The van der Waals surface area contributed by atoms with Gasteiger partial charge in [-0.15, -0.1) is 11.3 Å². The van der Waals surface area contributed by atoms with Crippen LogP contribution in [0.5, 0.6) is 0 Å². The maximum atomic E-state index is 8.83. The summed E-state index contributed by atoms with van der Waals surface area (Å²) in [5, 5.41) is 10.9. The normalized spacial score (nSPS) is 9.83. The van der Waals surface area contributed by atoms with Crippen LogP contribution in [0, 0.1) is 11.5 Å². The van der Waals surface area contributed by atoms with E-state index in [0.717, 1.165) is 12.4 Å². The lowest BCUT2D eigenvalue weighted by Crippen LogP contribution is -2.18. The Balaban J connectivity index is 2.15. The molecular weight excluding hydrogens is 246 g/mol. The molecule has 0 aliphatic carbocycles. The highest BCUT2D eigenvalue weighted by Crippen LogP contribution is 2.18. The molecule has 92 valence electrons. The Labute approximate surface area is 110 Å². The van der Waals surface area contributed by atoms with Gasteiger partial charge in [0.2, 0.25) is 0 Å². The second-order valence-electron chi connectivity index (χ2n) is 3.83. The van der Waals surface area contributed by atoms with E-state index in [1.807, 2.05) is 24.2 Å². The van der Waals surface area contributed by atoms with Crippen molar-refractivity contribution < 1.29 is 0 Å². The van der Waals surface area contributed by atoms with E-state index in [1.54, 1.807) is 24.5 Å². The Morgan fingerprint density at radius 3 is 2.78 bits per heavy atom. The Morgan fingerprint density at radius 2 is 2.11 bits per heavy atom. The first-order valence-corrected chi connectivity index (χ1v) is 6.27. The Kier molecular flexibility index (Phi) is 3.75. The summed E-state index contributed by atoms with van der Waals surface area (Å²) in [6, 6.07) is 5.92. The molecule has 0 spiro atoms. The van der Waals surface area contributed by atoms with Gasteiger partial charge in [0, 0.05) is 25.0 Å². The Hall–Kier alpha value is -2.13. The molecule has 2 rings (SSSR count). The minimum atomic E-state index is 0.598. The predicted molar refractivity (Wildman–Crippen MR) is 72.5 cm³/mol. The maximum Gasteiger partial charge on any atom is 0.185 e. The van der Waals surface area contributed by atoms with Crippen LogP contribution < -0.4 is 9.80 Å². The molecule has 6 heteroatoms. The van der Waals surface area contributed by atoms with E-state index < -0.39 is 0 Å². The van der Waals surface area contributed by atoms with E-state index in [-0.39, 0.29) is 0 Å². The molecular formula is C12H13N5S. The van der Waals surface area contributed by atoms with Crippen molar-refractivity contribution in [1.29, 1.82) is 5.26 Å². The molecule has 18 heavy (non-hydrogen) atoms. The third kappa shape index (κ3) is 2.76. The average molecular weight is 259 g/mol. The molecule has 0 unspecified atom stereocenters. The molecule has 0 aliphatic rings. The van der Waals surface area contributed by atoms with Gasteiger partial charge in [-0.1, -0.05) is 6.07 Å². The monoisotopic (exact) mass is 259 g/mol. The number of hydrogen-bond acceptors (Lipinski definition) is 6. The van der Waals surface area contributed by atoms with E-state index >= 15 is 0 Å². The fraction of sp³-hybridized carbons (Fsp3) is 0.250. The second-order valence-corrected chi connectivity index (χ2v) is 4.86. The molecule has 2 heterocycles. The fourth-order valence-electron chi connectivity index (χ4n) is 1.50. The summed E-state index contributed by atoms with van der Waals surface area (Å²) < 4.78 is 0. The van der Waals surface area contributed by atoms with E-state index in [2.05, 4.69) is 21.4 Å². The van der Waals surface area contributed by atoms with Crippen LogP contribution in [-0.4, -0.2) is 24.1 Å². The summed E-state index contributed by atoms with van der Waals surface area (Å²) in [5.41, 5.74) is 0. The van der Waals surface area contributed by atoms with Crippen LogP contribution in [0.1, 0.15) is 4.88 Å². The molecule has 0 aliphatic heterocycles. The SMILES string of the molecule is CN(C#N)c1cc(N(C)Cc2cccs2)ncn1. The van der Waals surface area contributed by atoms with Gasteiger partial charge in [-0.25, -0.2) is 9.97 Å². The lowest BCUT2D eigenvalue weighted by atomic mass is 10.4. The van der Waals surface area contributed by atoms with Crippen molar-refractivity contribution in [2.24, 2.45) is 0 Å². The number of nitrogens with zero attached hydrogens (tertiary/aromatic N) is 5. The second kappa shape index (κ2) is 5.47. The van der Waals surface area contributed by atoms with Crippen LogP contribution in [0.2, 0.25) is 0 Å². The van der Waals surface area contributed by atoms with Crippen molar-refractivity contribution in [3.05, 3.63) is 34.8 Å². The van der Waals surface area contributed by atoms with Gasteiger partial charge in [0.15, 0.2) is 6.19 Å². The minimum Gasteiger partial charge on any atom is -0.354 e. The molecule has 0 N–H and O–H groups in total. The zero-order chi connectivity index (χ0) is 13.0. The molecule has 0 fully saturated rings. The number of thiophene rings is 1. The first kappa shape index (κ1) is 12.3. The summed E-state index contributed by atoms with van der Waals surface area (Å²) >= 11 is 1.71. The van der Waals surface area contributed by atoms with Gasteiger partial charge in [0.05, 0.1) is 6.54 Å². The molecule has 5 nitrogen and oxygen atoms in total. The number of rotatable bonds is 4. The van der Waals surface area contributed by atoms with Gasteiger partial charge in [-0.2, -0.15) is 5.26 Å². The summed E-state index contributed by atoms with van der Waals surface area (Å²) in [4.78, 5) is 13.0. The van der Waals surface area contributed by atoms with Crippen molar-refractivity contribution in [1.82, 2.24) is 9.97 Å². The van der Waals surface area contributed by atoms with E-state index in [9.17, 15) is 0 Å². The third-order valence-corrected chi connectivity index (χ3v) is 3.36. The zero-order valence-corrected chi connectivity index (χ0v) is 11.1. The van der Waals surface area contributed by atoms with E-state index in [4.69, 9.17) is 5.26 Å². The van der Waals surface area contributed by atoms with Crippen LogP contribution in [0.15, 0.2) is 29.9 Å². The maximum absolute atomic E-state index is 8.83. The van der Waals surface area contributed by atoms with Crippen LogP contribution in [0.4, 0.5) is 11.6 Å². The van der Waals surface area contributed by atoms with Crippen molar-refractivity contribution in [3.8, 4) is 6.19 Å². The van der Waals surface area contributed by atoms with Gasteiger partial charge in [0.1, 0.15) is 18.0 Å².